The van der Waals surface area contributed by atoms with Crippen molar-refractivity contribution in [3.8, 4) is 40.3 Å². The number of thioether (sulfide) groups is 1. The Bertz CT molecular complexity index is 7340. The number of hydrogen-bond acceptors (Lipinski definition) is 32. The van der Waals surface area contributed by atoms with Gasteiger partial charge in [-0.05, 0) is 121 Å². The number of imidazole rings is 3. The minimum absolute atomic E-state index is 0. The fourth-order valence-corrected chi connectivity index (χ4v) is 15.0. The fraction of sp³-hybridized carbons (Fsp3) is 0.202. The number of hydrogen-bond donors (Lipinski definition) is 8. The first-order valence-corrected chi connectivity index (χ1v) is 42.9. The van der Waals surface area contributed by atoms with Crippen LogP contribution in [0.15, 0.2) is 193 Å². The van der Waals surface area contributed by atoms with Gasteiger partial charge in [0.05, 0.1) is 110 Å². The number of fused-ring (bicyclic) bond motifs is 7. The molecule has 142 heavy (non-hydrogen) atoms. The molecular formula is C89H75B2Cl2F8N25O15S. The molecule has 0 bridgehead atoms. The Hall–Kier alpha value is -16.6. The van der Waals surface area contributed by atoms with Gasteiger partial charge in [0.25, 0.3) is 0 Å². The lowest BCUT2D eigenvalue weighted by atomic mass is 10.00. The monoisotopic (exact) mass is 2010 g/mol. The Morgan fingerprint density at radius 3 is 1.37 bits per heavy atom. The number of halogens is 10. The molecule has 0 spiro atoms. The predicted octanol–water partition coefficient (Wildman–Crippen LogP) is 18.9. The first kappa shape index (κ1) is 104. The van der Waals surface area contributed by atoms with Crippen LogP contribution in [0.4, 0.5) is 113 Å². The third-order valence-electron chi connectivity index (χ3n) is 20.7. The van der Waals surface area contributed by atoms with Crippen LogP contribution >= 0.6 is 35.0 Å². The minimum Gasteiger partial charge on any atom is -0.490 e. The summed E-state index contributed by atoms with van der Waals surface area (Å²) < 4.78 is 140. The quantitative estimate of drug-likeness (QED) is 0.00613. The number of para-hydroxylation sites is 4. The van der Waals surface area contributed by atoms with Gasteiger partial charge in [-0.1, -0.05) is 63.4 Å². The summed E-state index contributed by atoms with van der Waals surface area (Å²) in [5.41, 5.74) is 9.84. The number of nitro groups is 3. The van der Waals surface area contributed by atoms with E-state index >= 15 is 0 Å². The van der Waals surface area contributed by atoms with Crippen molar-refractivity contribution in [2.45, 2.75) is 82.6 Å². The van der Waals surface area contributed by atoms with Crippen LogP contribution in [0.2, 0.25) is 0 Å². The van der Waals surface area contributed by atoms with Gasteiger partial charge in [0.15, 0.2) is 68.6 Å². The smallest absolute Gasteiger partial charge is 0.329 e. The largest absolute Gasteiger partial charge is 0.490 e. The highest BCUT2D eigenvalue weighted by atomic mass is 35.5. The van der Waals surface area contributed by atoms with Gasteiger partial charge in [0.1, 0.15) is 65.4 Å². The number of nitrogens with one attached hydrogen (secondary N) is 7. The number of H-pyrrole nitrogens is 1. The molecule has 12 heterocycles. The van der Waals surface area contributed by atoms with E-state index in [4.69, 9.17) is 55.2 Å². The molecule has 1 fully saturated rings. The summed E-state index contributed by atoms with van der Waals surface area (Å²) in [6.45, 7) is 3.21. The summed E-state index contributed by atoms with van der Waals surface area (Å²) in [6, 6.07) is 32.1. The molecule has 40 nitrogen and oxygen atoms in total. The second-order valence-electron chi connectivity index (χ2n) is 29.7. The Balaban J connectivity index is 0.000000158. The lowest BCUT2D eigenvalue weighted by Crippen LogP contribution is -2.28. The highest BCUT2D eigenvalue weighted by Gasteiger charge is 2.34. The molecule has 8 aromatic carbocycles. The number of aromatic amines is 1. The summed E-state index contributed by atoms with van der Waals surface area (Å²) in [4.78, 5) is 120. The van der Waals surface area contributed by atoms with Crippen molar-refractivity contribution in [3.63, 3.8) is 0 Å². The lowest BCUT2D eigenvalue weighted by molar-refractivity contribution is -0.388. The van der Waals surface area contributed by atoms with Crippen LogP contribution in [0, 0.1) is 87.5 Å². The van der Waals surface area contributed by atoms with Gasteiger partial charge < -0.3 is 66.3 Å². The van der Waals surface area contributed by atoms with Crippen molar-refractivity contribution in [2.75, 3.05) is 71.5 Å². The van der Waals surface area contributed by atoms with Gasteiger partial charge in [-0.15, -0.1) is 0 Å². The molecule has 9 N–H and O–H groups in total. The number of rotatable bonds is 17. The molecule has 5 aliphatic rings. The van der Waals surface area contributed by atoms with E-state index in [2.05, 4.69) is 110 Å². The van der Waals surface area contributed by atoms with Gasteiger partial charge >= 0.3 is 27.5 Å². The first-order chi connectivity index (χ1) is 67.3. The Labute approximate surface area is 813 Å². The molecule has 7 aromatic heterocycles. The maximum Gasteiger partial charge on any atom is 0.329 e. The van der Waals surface area contributed by atoms with Crippen LogP contribution < -0.4 is 62.3 Å². The van der Waals surface area contributed by atoms with Crippen molar-refractivity contribution in [3.05, 3.63) is 293 Å². The SMILES string of the molecule is C.C.C1CCOC1.NC1CCOc2c(F)cccc21.O=C(Cl)Cl.O=[N+]([O-])c1cnc(-n2cnc3ccc(F)cc32)nc1NC1CCOc2c(F)cccc21.O=c1[nH]c2cnc(-n3cnc4ccc(F)cc43)nc2n1C1CCOc2c(F)cccc21.[B]C(=O)Nc1ccc(F)cc1Nc1ncc([N+](=O)[O-])c(NC2CCOc3c(F)cccc32)n1.[B]C(=O)Nc1ccc(F)cc1Nc1ncc([N+](=O)[O-])c(SC#N)n1. The molecule has 0 aliphatic carbocycles. The molecule has 15 aromatic rings. The maximum atomic E-state index is 14.2. The number of aromatic nitrogens is 14. The average Bonchev–Trinajstić information content (AvgIpc) is 1.62. The third kappa shape index (κ3) is 25.5. The van der Waals surface area contributed by atoms with Crippen molar-refractivity contribution in [1.29, 1.82) is 5.26 Å². The predicted molar refractivity (Wildman–Crippen MR) is 508 cm³/mol. The number of anilines is 8. The summed E-state index contributed by atoms with van der Waals surface area (Å²) >= 11 is 9.28. The summed E-state index contributed by atoms with van der Waals surface area (Å²) in [5.74, 6) is -5.14. The third-order valence-corrected chi connectivity index (χ3v) is 21.3. The molecule has 4 unspecified atom stereocenters. The second kappa shape index (κ2) is 47.6. The molecule has 0 saturated carbocycles. The van der Waals surface area contributed by atoms with Crippen LogP contribution in [0.1, 0.15) is 99.8 Å². The van der Waals surface area contributed by atoms with Gasteiger partial charge in [-0.25, -0.2) is 69.8 Å². The highest BCUT2D eigenvalue weighted by molar-refractivity contribution is 8.03. The minimum atomic E-state index is -0.889. The normalized spacial score (nSPS) is 14.7. The van der Waals surface area contributed by atoms with Gasteiger partial charge in [0.2, 0.25) is 51.1 Å². The number of ether oxygens (including phenoxy) is 5. The number of nitrogens with zero attached hydrogens (tertiary/aromatic N) is 17. The number of nitrogens with two attached hydrogens (primary N) is 1. The Morgan fingerprint density at radius 1 is 0.500 bits per heavy atom. The van der Waals surface area contributed by atoms with Crippen LogP contribution in [0.3, 0.4) is 0 Å². The van der Waals surface area contributed by atoms with E-state index in [0.29, 0.717) is 93.3 Å². The van der Waals surface area contributed by atoms with Gasteiger partial charge in [-0.3, -0.25) is 58.4 Å². The lowest BCUT2D eigenvalue weighted by Gasteiger charge is -2.27. The van der Waals surface area contributed by atoms with Crippen molar-refractivity contribution >= 4 is 164 Å². The Morgan fingerprint density at radius 2 is 0.908 bits per heavy atom. The topological polar surface area (TPSA) is 525 Å². The summed E-state index contributed by atoms with van der Waals surface area (Å²) in [7, 11) is 10.2. The Kier molecular flexibility index (Phi) is 35.0. The van der Waals surface area contributed by atoms with Gasteiger partial charge in [0, 0.05) is 91.1 Å². The fourth-order valence-electron chi connectivity index (χ4n) is 14.6. The zero-order valence-electron chi connectivity index (χ0n) is 71.8. The summed E-state index contributed by atoms with van der Waals surface area (Å²) in [6.07, 6.45) is 12.0. The number of benzene rings is 8. The van der Waals surface area contributed by atoms with Gasteiger partial charge in [-0.2, -0.15) is 25.2 Å². The van der Waals surface area contributed by atoms with Crippen molar-refractivity contribution in [1.82, 2.24) is 68.5 Å². The van der Waals surface area contributed by atoms with E-state index in [1.165, 1.54) is 114 Å². The van der Waals surface area contributed by atoms with Crippen LogP contribution in [0.5, 0.6) is 23.0 Å². The van der Waals surface area contributed by atoms with E-state index in [-0.39, 0.29) is 138 Å². The molecule has 53 heteroatoms. The summed E-state index contributed by atoms with van der Waals surface area (Å²) in [5, 5.41) is 60.0. The molecule has 2 amide bonds. The zero-order valence-corrected chi connectivity index (χ0v) is 74.1. The van der Waals surface area contributed by atoms with Crippen LogP contribution in [-0.2, 0) is 4.74 Å². The van der Waals surface area contributed by atoms with Crippen molar-refractivity contribution < 1.29 is 88.0 Å². The molecule has 728 valence electrons. The molecule has 5 aliphatic heterocycles. The number of nitriles is 1. The maximum absolute atomic E-state index is 14.2. The standard InChI is InChI=1S/C21H14F2N6O2.C20H15BF2N6O4.C20H14F2N6O3.C12H6BFN6O3S.C9H10FNO.C4H8O.CCl2O.2CH4/c22-11-4-5-14-17(8-11)28(10-25-14)20-24-9-15-19(27-20)29(21(30)26-15)16-6-7-31-18-12(16)2-1-3-13(18)23;21-19(30)26-14-5-4-10(22)8-15(14)27-20-24-9-16(29(31)32)18(28-20)25-13-6-7-33-17-11(13)2-1-3-12(17)23;21-11-4-5-15-16(8-11)27(10-24-15)20-23-9-17(28(29)30)19(26-20)25-14-6-7-31-18-12(14)2-1-3-13(18)22;13-11(21)17-7-2-1-6(14)3-8(7)18-12-16-4-9(20(22)23)10(19-12)24-5-15;10-7-3-1-2-6-8(11)4-5-12-9(6)7;1-2-4-5-3-1;2-1(3)4;;/h1-5,8-10,16H,6-7H2,(H,26,30);1-5,8-9,13H,6-7H2,(H,26,30)(H2,24,25,27,28);1-5,8-10,14H,6-7H2,(H,23,25,26);1-4H,(H,17,21)(H,16,18,19);1-3,8H,4-5,11H2;1-4H2;;2*1H4. The first-order valence-electron chi connectivity index (χ1n) is 41.3. The number of thiocyanates is 1. The highest BCUT2D eigenvalue weighted by Crippen LogP contribution is 2.43. The van der Waals surface area contributed by atoms with E-state index in [1.807, 2.05) is 6.07 Å². The van der Waals surface area contributed by atoms with Crippen molar-refractivity contribution in [2.24, 2.45) is 5.73 Å². The molecule has 20 rings (SSSR count). The second-order valence-corrected chi connectivity index (χ2v) is 31.4. The molecule has 4 atom stereocenters. The number of amides is 2. The number of carbonyl (C=O) groups excluding carboxylic acids is 3. The van der Waals surface area contributed by atoms with E-state index in [0.717, 1.165) is 68.1 Å². The number of carbonyl (C=O) groups is 3. The van der Waals surface area contributed by atoms with E-state index in [9.17, 15) is 79.8 Å². The van der Waals surface area contributed by atoms with Crippen LogP contribution in [0.25, 0.3) is 45.1 Å². The average molecular weight is 2010 g/mol. The molecular weight excluding hydrogens is 1940 g/mol. The molecule has 1 saturated heterocycles. The van der Waals surface area contributed by atoms with E-state index < -0.39 is 101 Å². The van der Waals surface area contributed by atoms with E-state index in [1.54, 1.807) is 52.4 Å². The molecule has 4 radical (unpaired) electrons. The van der Waals surface area contributed by atoms with Crippen LogP contribution in [-0.4, -0.2) is 155 Å². The zero-order chi connectivity index (χ0) is 99.5.